The second-order valence-corrected chi connectivity index (χ2v) is 8.34. The average Bonchev–Trinajstić information content (AvgIpc) is 3.22. The molecule has 0 radical (unpaired) electrons. The minimum Gasteiger partial charge on any atom is -0.450 e. The van der Waals surface area contributed by atoms with Gasteiger partial charge in [0.15, 0.2) is 5.76 Å². The first-order chi connectivity index (χ1) is 16.5. The SMILES string of the molecule is O=C(Nc1c(C(=O)c2ccc(Cl)cc2Cl)oc2cc(-c3ccccc3)c#cc12)c1ccccc1. The smallest absolute Gasteiger partial charge is 0.255 e. The van der Waals surface area contributed by atoms with E-state index in [4.69, 9.17) is 27.6 Å². The third kappa shape index (κ3) is 4.15. The zero-order valence-electron chi connectivity index (χ0n) is 17.6. The lowest BCUT2D eigenvalue weighted by molar-refractivity contribution is 0.101. The van der Waals surface area contributed by atoms with Crippen LogP contribution in [0.25, 0.3) is 22.1 Å². The van der Waals surface area contributed by atoms with E-state index in [1.54, 1.807) is 36.4 Å². The van der Waals surface area contributed by atoms with Crippen LogP contribution in [0.15, 0.2) is 89.3 Å². The summed E-state index contributed by atoms with van der Waals surface area (Å²) in [6, 6.07) is 30.8. The molecule has 5 rings (SSSR count). The molecule has 0 unspecified atom stereocenters. The maximum Gasteiger partial charge on any atom is 0.255 e. The first-order valence-electron chi connectivity index (χ1n) is 10.3. The van der Waals surface area contributed by atoms with Gasteiger partial charge in [-0.2, -0.15) is 0 Å². The number of nitrogens with one attached hydrogen (secondary N) is 1. The highest BCUT2D eigenvalue weighted by Gasteiger charge is 2.26. The van der Waals surface area contributed by atoms with Crippen molar-refractivity contribution in [3.63, 3.8) is 0 Å². The van der Waals surface area contributed by atoms with Crippen molar-refractivity contribution >= 4 is 51.5 Å². The molecule has 1 amide bonds. The predicted octanol–water partition coefficient (Wildman–Crippen LogP) is 7.49. The van der Waals surface area contributed by atoms with E-state index in [0.29, 0.717) is 21.6 Å². The van der Waals surface area contributed by atoms with Crippen LogP contribution in [0.1, 0.15) is 26.5 Å². The highest BCUT2D eigenvalue weighted by Crippen LogP contribution is 2.35. The second kappa shape index (κ2) is 9.07. The molecule has 164 valence electrons. The van der Waals surface area contributed by atoms with E-state index < -0.39 is 5.78 Å². The number of hydrogen-bond donors (Lipinski definition) is 1. The van der Waals surface area contributed by atoms with Gasteiger partial charge in [-0.3, -0.25) is 9.59 Å². The van der Waals surface area contributed by atoms with Crippen molar-refractivity contribution in [2.45, 2.75) is 0 Å². The Morgan fingerprint density at radius 2 is 1.53 bits per heavy atom. The first-order valence-corrected chi connectivity index (χ1v) is 11.1. The van der Waals surface area contributed by atoms with Crippen molar-refractivity contribution in [3.8, 4) is 11.1 Å². The fraction of sp³-hybridized carbons (Fsp3) is 0. The van der Waals surface area contributed by atoms with Crippen LogP contribution in [0, 0.1) is 12.1 Å². The van der Waals surface area contributed by atoms with E-state index in [1.165, 1.54) is 12.1 Å². The molecule has 1 N–H and O–H groups in total. The van der Waals surface area contributed by atoms with Gasteiger partial charge < -0.3 is 9.73 Å². The Morgan fingerprint density at radius 1 is 0.824 bits per heavy atom. The van der Waals surface area contributed by atoms with Crippen molar-refractivity contribution in [1.29, 1.82) is 0 Å². The molecule has 5 aromatic rings. The van der Waals surface area contributed by atoms with E-state index in [0.717, 1.165) is 11.1 Å². The Morgan fingerprint density at radius 3 is 2.24 bits per heavy atom. The average molecular weight is 484 g/mol. The number of ketones is 1. The van der Waals surface area contributed by atoms with Crippen molar-refractivity contribution in [2.24, 2.45) is 0 Å². The Hall–Kier alpha value is -4.04. The first kappa shape index (κ1) is 21.8. The topological polar surface area (TPSA) is 59.3 Å². The number of carbonyl (C=O) groups is 2. The lowest BCUT2D eigenvalue weighted by atomic mass is 10.1. The second-order valence-electron chi connectivity index (χ2n) is 7.49. The van der Waals surface area contributed by atoms with Gasteiger partial charge in [0, 0.05) is 21.7 Å². The largest absolute Gasteiger partial charge is 0.450 e. The highest BCUT2D eigenvalue weighted by atomic mass is 35.5. The summed E-state index contributed by atoms with van der Waals surface area (Å²) in [5.74, 6) is -0.936. The Labute approximate surface area is 205 Å². The zero-order chi connectivity index (χ0) is 23.7. The standard InChI is InChI=1S/C28H15Cl2NO3/c29-20-12-14-21(23(30)16-20)26(32)27-25(31-28(33)18-9-5-2-6-10-18)22-13-11-19(15-24(22)34-27)17-7-3-1-4-8-17/h1-10,12,14-16H,(H,31,33). The summed E-state index contributed by atoms with van der Waals surface area (Å²) in [5, 5.41) is 3.83. The molecule has 0 atom stereocenters. The Bertz CT molecular complexity index is 1530. The minimum absolute atomic E-state index is 0.0571. The van der Waals surface area contributed by atoms with E-state index in [9.17, 15) is 9.59 Å². The fourth-order valence-electron chi connectivity index (χ4n) is 3.60. The molecule has 1 heterocycles. The number of carbonyl (C=O) groups excluding carboxylic acids is 2. The van der Waals surface area contributed by atoms with E-state index >= 15 is 0 Å². The van der Waals surface area contributed by atoms with Crippen LogP contribution in [0.4, 0.5) is 5.69 Å². The normalized spacial score (nSPS) is 10.6. The van der Waals surface area contributed by atoms with Crippen molar-refractivity contribution in [1.82, 2.24) is 0 Å². The van der Waals surface area contributed by atoms with Gasteiger partial charge in [0.1, 0.15) is 11.3 Å². The lowest BCUT2D eigenvalue weighted by Gasteiger charge is -2.07. The number of benzene rings is 3. The van der Waals surface area contributed by atoms with Crippen LogP contribution in [0.3, 0.4) is 0 Å². The van der Waals surface area contributed by atoms with Gasteiger partial charge in [0.05, 0.1) is 10.4 Å². The van der Waals surface area contributed by atoms with Gasteiger partial charge in [-0.1, -0.05) is 83.9 Å². The molecule has 0 spiro atoms. The summed E-state index contributed by atoms with van der Waals surface area (Å²) in [7, 11) is 0. The van der Waals surface area contributed by atoms with Crippen LogP contribution < -0.4 is 5.32 Å². The molecule has 0 saturated heterocycles. The number of fused-ring (bicyclic) bond motifs is 1. The van der Waals surface area contributed by atoms with E-state index in [2.05, 4.69) is 17.4 Å². The molecule has 1 aromatic heterocycles. The molecule has 6 heteroatoms. The van der Waals surface area contributed by atoms with Crippen molar-refractivity contribution in [2.75, 3.05) is 5.32 Å². The molecule has 4 nitrogen and oxygen atoms in total. The molecule has 4 aromatic carbocycles. The van der Waals surface area contributed by atoms with Gasteiger partial charge in [-0.25, -0.2) is 0 Å². The van der Waals surface area contributed by atoms with Crippen LogP contribution in [0.5, 0.6) is 0 Å². The summed E-state index contributed by atoms with van der Waals surface area (Å²) in [4.78, 5) is 26.4. The third-order valence-electron chi connectivity index (χ3n) is 5.27. The van der Waals surface area contributed by atoms with Gasteiger partial charge in [-0.05, 0) is 42.0 Å². The summed E-state index contributed by atoms with van der Waals surface area (Å²) >= 11 is 12.3. The lowest BCUT2D eigenvalue weighted by Crippen LogP contribution is -2.14. The molecule has 0 bridgehead atoms. The van der Waals surface area contributed by atoms with Gasteiger partial charge >= 0.3 is 0 Å². The maximum absolute atomic E-state index is 13.4. The van der Waals surface area contributed by atoms with Gasteiger partial charge in [0.25, 0.3) is 5.91 Å². The summed E-state index contributed by atoms with van der Waals surface area (Å²) in [6.07, 6.45) is 0. The summed E-state index contributed by atoms with van der Waals surface area (Å²) in [6.45, 7) is 0. The van der Waals surface area contributed by atoms with Gasteiger partial charge in [0.2, 0.25) is 5.78 Å². The number of rotatable bonds is 5. The number of anilines is 1. The Balaban J connectivity index is 1.64. The number of furan rings is 1. The number of halogens is 2. The summed E-state index contributed by atoms with van der Waals surface area (Å²) in [5.41, 5.74) is 2.88. The molecular weight excluding hydrogens is 469 g/mol. The van der Waals surface area contributed by atoms with E-state index in [-0.39, 0.29) is 27.9 Å². The molecule has 34 heavy (non-hydrogen) atoms. The number of amides is 1. The molecule has 0 fully saturated rings. The van der Waals surface area contributed by atoms with Crippen molar-refractivity contribution in [3.05, 3.63) is 124 Å². The molecular formula is C28H15Cl2NO3. The van der Waals surface area contributed by atoms with Crippen LogP contribution >= 0.6 is 23.2 Å². The van der Waals surface area contributed by atoms with Crippen LogP contribution in [0.2, 0.25) is 10.0 Å². The molecule has 0 aliphatic carbocycles. The summed E-state index contributed by atoms with van der Waals surface area (Å²) < 4.78 is 5.99. The zero-order valence-corrected chi connectivity index (χ0v) is 19.1. The Kier molecular flexibility index (Phi) is 5.81. The minimum atomic E-state index is -0.490. The molecule has 0 aliphatic rings. The fourth-order valence-corrected chi connectivity index (χ4v) is 4.09. The van der Waals surface area contributed by atoms with Crippen molar-refractivity contribution < 1.29 is 14.0 Å². The van der Waals surface area contributed by atoms with E-state index in [1.807, 2.05) is 36.4 Å². The number of hydrogen-bond acceptors (Lipinski definition) is 3. The van der Waals surface area contributed by atoms with Gasteiger partial charge in [-0.15, -0.1) is 0 Å². The molecule has 0 aliphatic heterocycles. The third-order valence-corrected chi connectivity index (χ3v) is 5.82. The van der Waals surface area contributed by atoms with Crippen LogP contribution in [-0.4, -0.2) is 11.7 Å². The predicted molar refractivity (Wildman–Crippen MR) is 134 cm³/mol. The highest BCUT2D eigenvalue weighted by molar-refractivity contribution is 6.37. The monoisotopic (exact) mass is 483 g/mol. The quantitative estimate of drug-likeness (QED) is 0.263. The van der Waals surface area contributed by atoms with Crippen LogP contribution in [-0.2, 0) is 0 Å². The maximum atomic E-state index is 13.4. The molecule has 0 saturated carbocycles.